The molecular weight excluding hydrogens is 418 g/mol. The molecule has 0 bridgehead atoms. The molecule has 2 aliphatic rings. The van der Waals surface area contributed by atoms with E-state index >= 15 is 0 Å². The first kappa shape index (κ1) is 21.8. The van der Waals surface area contributed by atoms with Gasteiger partial charge in [-0.05, 0) is 41.7 Å². The Kier molecular flexibility index (Phi) is 6.22. The van der Waals surface area contributed by atoms with E-state index in [2.05, 4.69) is 10.2 Å². The molecular formula is C26H31N3O4. The van der Waals surface area contributed by atoms with Gasteiger partial charge in [0, 0.05) is 31.7 Å². The molecule has 2 N–H and O–H groups in total. The summed E-state index contributed by atoms with van der Waals surface area (Å²) in [6.07, 6.45) is 7.28. The minimum atomic E-state index is -0.169. The van der Waals surface area contributed by atoms with E-state index in [1.165, 1.54) is 32.1 Å². The van der Waals surface area contributed by atoms with Crippen LogP contribution in [0.2, 0.25) is 0 Å². The average Bonchev–Trinajstić information content (AvgIpc) is 3.42. The Balaban J connectivity index is 1.34. The number of hydrogen-bond acceptors (Lipinski definition) is 5. The molecule has 7 nitrogen and oxygen atoms in total. The van der Waals surface area contributed by atoms with Gasteiger partial charge in [0.05, 0.1) is 23.4 Å². The summed E-state index contributed by atoms with van der Waals surface area (Å²) >= 11 is 0. The third-order valence-corrected chi connectivity index (χ3v) is 6.94. The molecule has 0 unspecified atom stereocenters. The molecule has 0 radical (unpaired) electrons. The van der Waals surface area contributed by atoms with Crippen molar-refractivity contribution in [3.05, 3.63) is 52.7 Å². The number of phenolic OH excluding ortho intramolecular Hbond substituents is 1. The smallest absolute Gasteiger partial charge is 0.258 e. The second-order valence-electron chi connectivity index (χ2n) is 9.23. The van der Waals surface area contributed by atoms with Gasteiger partial charge in [0.2, 0.25) is 0 Å². The molecule has 1 aromatic heterocycles. The number of amides is 1. The molecule has 0 spiro atoms. The van der Waals surface area contributed by atoms with Gasteiger partial charge < -0.3 is 19.5 Å². The van der Waals surface area contributed by atoms with Gasteiger partial charge in [0.15, 0.2) is 0 Å². The Hall–Kier alpha value is -3.06. The lowest BCUT2D eigenvalue weighted by atomic mass is 9.85. The van der Waals surface area contributed by atoms with Gasteiger partial charge in [-0.2, -0.15) is 5.10 Å². The average molecular weight is 450 g/mol. The minimum absolute atomic E-state index is 0.0140. The number of ether oxygens (including phenoxy) is 2. The number of nitrogens with one attached hydrogen (secondary N) is 1. The topological polar surface area (TPSA) is 87.7 Å². The highest BCUT2D eigenvalue weighted by atomic mass is 16.5. The number of carbonyl (C=O) groups is 1. The summed E-state index contributed by atoms with van der Waals surface area (Å²) in [5, 5.41) is 19.1. The Morgan fingerprint density at radius 3 is 2.76 bits per heavy atom. The number of aromatic hydroxyl groups is 1. The van der Waals surface area contributed by atoms with Crippen molar-refractivity contribution in [3.63, 3.8) is 0 Å². The van der Waals surface area contributed by atoms with Crippen molar-refractivity contribution in [2.75, 3.05) is 20.3 Å². The molecule has 5 rings (SSSR count). The summed E-state index contributed by atoms with van der Waals surface area (Å²) in [5.74, 6) is 1.24. The number of phenols is 1. The lowest BCUT2D eigenvalue weighted by Gasteiger charge is -2.20. The van der Waals surface area contributed by atoms with Crippen molar-refractivity contribution in [1.29, 1.82) is 0 Å². The molecule has 1 amide bonds. The minimum Gasteiger partial charge on any atom is -0.507 e. The molecule has 3 aromatic rings. The zero-order chi connectivity index (χ0) is 22.8. The molecule has 0 saturated heterocycles. The number of methoxy groups -OCH3 is 1. The summed E-state index contributed by atoms with van der Waals surface area (Å²) in [6, 6.07) is 9.36. The summed E-state index contributed by atoms with van der Waals surface area (Å²) in [7, 11) is 1.64. The fourth-order valence-corrected chi connectivity index (χ4v) is 5.12. The van der Waals surface area contributed by atoms with E-state index in [4.69, 9.17) is 9.47 Å². The standard InChI is InChI=1S/C26H31N3O4/c1-32-9-10-33-20-8-7-18-15-29(16-19(18)12-20)26(31)22-13-21-23(11-17-5-3-2-4-6-17)27-28-24(21)14-25(22)30/h7-8,12-14,17,30H,2-6,9-11,15-16H2,1H3,(H,27,28). The van der Waals surface area contributed by atoms with Crippen LogP contribution in [0.4, 0.5) is 0 Å². The van der Waals surface area contributed by atoms with Crippen LogP contribution in [0.3, 0.4) is 0 Å². The van der Waals surface area contributed by atoms with E-state index in [0.29, 0.717) is 37.8 Å². The third-order valence-electron chi connectivity index (χ3n) is 6.94. The Morgan fingerprint density at radius 2 is 1.94 bits per heavy atom. The van der Waals surface area contributed by atoms with Crippen LogP contribution < -0.4 is 4.74 Å². The highest BCUT2D eigenvalue weighted by Gasteiger charge is 2.27. The quantitative estimate of drug-likeness (QED) is 0.516. The van der Waals surface area contributed by atoms with Crippen LogP contribution in [-0.2, 0) is 24.2 Å². The number of H-pyrrole nitrogens is 1. The number of hydrogen-bond donors (Lipinski definition) is 2. The summed E-state index contributed by atoms with van der Waals surface area (Å²) in [5.41, 5.74) is 4.27. The number of carbonyl (C=O) groups excluding carboxylic acids is 1. The third kappa shape index (κ3) is 4.55. The number of aromatic nitrogens is 2. The van der Waals surface area contributed by atoms with Gasteiger partial charge >= 0.3 is 0 Å². The predicted molar refractivity (Wildman–Crippen MR) is 125 cm³/mol. The van der Waals surface area contributed by atoms with Gasteiger partial charge in [-0.25, -0.2) is 0 Å². The van der Waals surface area contributed by atoms with Gasteiger partial charge in [0.25, 0.3) is 5.91 Å². The van der Waals surface area contributed by atoms with E-state index in [-0.39, 0.29) is 11.7 Å². The van der Waals surface area contributed by atoms with Crippen LogP contribution in [0, 0.1) is 5.92 Å². The van der Waals surface area contributed by atoms with Gasteiger partial charge in [-0.15, -0.1) is 0 Å². The van der Waals surface area contributed by atoms with Crippen molar-refractivity contribution in [2.24, 2.45) is 5.92 Å². The van der Waals surface area contributed by atoms with Crippen LogP contribution in [0.1, 0.15) is 59.3 Å². The summed E-state index contributed by atoms with van der Waals surface area (Å²) < 4.78 is 10.7. The normalized spacial score (nSPS) is 16.3. The molecule has 174 valence electrons. The van der Waals surface area contributed by atoms with Crippen molar-refractivity contribution in [1.82, 2.24) is 15.1 Å². The molecule has 1 aliphatic heterocycles. The van der Waals surface area contributed by atoms with E-state index in [9.17, 15) is 9.90 Å². The van der Waals surface area contributed by atoms with Gasteiger partial charge in [-0.3, -0.25) is 9.89 Å². The van der Waals surface area contributed by atoms with Crippen LogP contribution >= 0.6 is 0 Å². The highest BCUT2D eigenvalue weighted by molar-refractivity contribution is 6.01. The molecule has 1 fully saturated rings. The number of aromatic amines is 1. The van der Waals surface area contributed by atoms with Gasteiger partial charge in [0.1, 0.15) is 18.1 Å². The number of benzene rings is 2. The Morgan fingerprint density at radius 1 is 1.12 bits per heavy atom. The predicted octanol–water partition coefficient (Wildman–Crippen LogP) is 4.57. The monoisotopic (exact) mass is 449 g/mol. The van der Waals surface area contributed by atoms with Crippen LogP contribution in [0.15, 0.2) is 30.3 Å². The van der Waals surface area contributed by atoms with Crippen molar-refractivity contribution >= 4 is 16.8 Å². The number of nitrogens with zero attached hydrogens (tertiary/aromatic N) is 2. The second-order valence-corrected chi connectivity index (χ2v) is 9.23. The second kappa shape index (κ2) is 9.43. The van der Waals surface area contributed by atoms with E-state index in [0.717, 1.165) is 39.9 Å². The molecule has 1 saturated carbocycles. The van der Waals surface area contributed by atoms with Crippen LogP contribution in [0.25, 0.3) is 10.9 Å². The molecule has 33 heavy (non-hydrogen) atoms. The van der Waals surface area contributed by atoms with Crippen molar-refractivity contribution < 1.29 is 19.4 Å². The maximum Gasteiger partial charge on any atom is 0.258 e. The molecule has 2 aromatic carbocycles. The number of rotatable bonds is 7. The Labute approximate surface area is 193 Å². The van der Waals surface area contributed by atoms with E-state index in [1.807, 2.05) is 24.3 Å². The lowest BCUT2D eigenvalue weighted by Crippen LogP contribution is -2.25. The maximum absolute atomic E-state index is 13.4. The fourth-order valence-electron chi connectivity index (χ4n) is 5.12. The van der Waals surface area contributed by atoms with Crippen LogP contribution in [-0.4, -0.2) is 46.4 Å². The maximum atomic E-state index is 13.4. The Bertz CT molecular complexity index is 1150. The zero-order valence-electron chi connectivity index (χ0n) is 19.1. The first-order valence-electron chi connectivity index (χ1n) is 11.8. The number of fused-ring (bicyclic) bond motifs is 2. The fraction of sp³-hybridized carbons (Fsp3) is 0.462. The molecule has 1 aliphatic carbocycles. The summed E-state index contributed by atoms with van der Waals surface area (Å²) in [6.45, 7) is 2.03. The first-order valence-corrected chi connectivity index (χ1v) is 11.8. The highest BCUT2D eigenvalue weighted by Crippen LogP contribution is 2.33. The van der Waals surface area contributed by atoms with E-state index < -0.39 is 0 Å². The zero-order valence-corrected chi connectivity index (χ0v) is 19.1. The van der Waals surface area contributed by atoms with Gasteiger partial charge in [-0.1, -0.05) is 38.2 Å². The van der Waals surface area contributed by atoms with Crippen molar-refractivity contribution in [2.45, 2.75) is 51.6 Å². The lowest BCUT2D eigenvalue weighted by molar-refractivity contribution is 0.0748. The first-order chi connectivity index (χ1) is 16.1. The van der Waals surface area contributed by atoms with E-state index in [1.54, 1.807) is 18.1 Å². The molecule has 0 atom stereocenters. The van der Waals surface area contributed by atoms with Crippen LogP contribution in [0.5, 0.6) is 11.5 Å². The SMILES string of the molecule is COCCOc1ccc2c(c1)CN(C(=O)c1cc3c(CC4CCCCC4)n[nH]c3cc1O)C2. The molecule has 2 heterocycles. The largest absolute Gasteiger partial charge is 0.507 e. The summed E-state index contributed by atoms with van der Waals surface area (Å²) in [4.78, 5) is 15.2. The molecule has 7 heteroatoms. The van der Waals surface area contributed by atoms with Crippen molar-refractivity contribution in [3.8, 4) is 11.5 Å².